The molecule has 1 aromatic rings. The Hall–Kier alpha value is -2.15. The summed E-state index contributed by atoms with van der Waals surface area (Å²) in [4.78, 5) is 27.7. The second kappa shape index (κ2) is 8.04. The lowest BCUT2D eigenvalue weighted by molar-refractivity contribution is -0.137. The molecule has 0 aliphatic carbocycles. The predicted octanol–water partition coefficient (Wildman–Crippen LogP) is 0.324. The maximum absolute atomic E-state index is 11.8. The van der Waals surface area contributed by atoms with E-state index in [4.69, 9.17) is 9.84 Å². The Morgan fingerprint density at radius 2 is 2.26 bits per heavy atom. The number of carbonyl (C=O) groups is 2. The molecule has 2 N–H and O–H groups in total. The van der Waals surface area contributed by atoms with Crippen molar-refractivity contribution in [2.75, 3.05) is 26.8 Å². The summed E-state index contributed by atoms with van der Waals surface area (Å²) in [6.07, 6.45) is 1.63. The second-order valence-corrected chi connectivity index (χ2v) is 3.79. The maximum atomic E-state index is 11.8. The van der Waals surface area contributed by atoms with Gasteiger partial charge in [0.15, 0.2) is 0 Å². The monoisotopic (exact) mass is 267 g/mol. The van der Waals surface area contributed by atoms with Gasteiger partial charge in [0.25, 0.3) is 0 Å². The Labute approximate surface area is 111 Å². The third-order valence-electron chi connectivity index (χ3n) is 2.33. The Kier molecular flexibility index (Phi) is 6.31. The standard InChI is InChI=1S/C12H17N3O4/c1-19-7-6-15(9-11(16)17)12(18)14-8-10-4-2-3-5-13-10/h2-5H,6-9H2,1H3,(H,14,18)(H,16,17). The van der Waals surface area contributed by atoms with Crippen molar-refractivity contribution in [1.29, 1.82) is 0 Å². The topological polar surface area (TPSA) is 91.8 Å². The lowest BCUT2D eigenvalue weighted by Crippen LogP contribution is -2.44. The molecule has 0 saturated heterocycles. The van der Waals surface area contributed by atoms with E-state index >= 15 is 0 Å². The van der Waals surface area contributed by atoms with Crippen molar-refractivity contribution in [2.45, 2.75) is 6.54 Å². The van der Waals surface area contributed by atoms with Gasteiger partial charge < -0.3 is 20.1 Å². The molecule has 0 aliphatic heterocycles. The highest BCUT2D eigenvalue weighted by atomic mass is 16.5. The van der Waals surface area contributed by atoms with Crippen LogP contribution in [0.3, 0.4) is 0 Å². The Morgan fingerprint density at radius 3 is 2.84 bits per heavy atom. The first kappa shape index (κ1) is 14.9. The van der Waals surface area contributed by atoms with Crippen molar-refractivity contribution in [2.24, 2.45) is 0 Å². The van der Waals surface area contributed by atoms with Gasteiger partial charge in [0, 0.05) is 19.9 Å². The molecule has 0 unspecified atom stereocenters. The number of hydrogen-bond acceptors (Lipinski definition) is 4. The van der Waals surface area contributed by atoms with Crippen molar-refractivity contribution in [3.63, 3.8) is 0 Å². The van der Waals surface area contributed by atoms with Gasteiger partial charge in [-0.25, -0.2) is 4.79 Å². The minimum atomic E-state index is -1.07. The van der Waals surface area contributed by atoms with Crippen molar-refractivity contribution < 1.29 is 19.4 Å². The molecule has 0 bridgehead atoms. The molecule has 0 radical (unpaired) electrons. The number of rotatable bonds is 7. The highest BCUT2D eigenvalue weighted by Gasteiger charge is 2.16. The summed E-state index contributed by atoms with van der Waals surface area (Å²) in [7, 11) is 1.49. The van der Waals surface area contributed by atoms with Gasteiger partial charge in [-0.05, 0) is 12.1 Å². The van der Waals surface area contributed by atoms with Gasteiger partial charge in [0.2, 0.25) is 0 Å². The highest BCUT2D eigenvalue weighted by Crippen LogP contribution is 1.95. The SMILES string of the molecule is COCCN(CC(=O)O)C(=O)NCc1ccccn1. The quantitative estimate of drug-likeness (QED) is 0.742. The van der Waals surface area contributed by atoms with Crippen LogP contribution in [0.5, 0.6) is 0 Å². The molecule has 0 saturated carbocycles. The van der Waals surface area contributed by atoms with E-state index in [0.717, 1.165) is 0 Å². The van der Waals surface area contributed by atoms with Gasteiger partial charge in [-0.3, -0.25) is 9.78 Å². The van der Waals surface area contributed by atoms with Crippen molar-refractivity contribution >= 4 is 12.0 Å². The van der Waals surface area contributed by atoms with Crippen LogP contribution in [0.25, 0.3) is 0 Å². The third kappa shape index (κ3) is 5.82. The minimum absolute atomic E-state index is 0.219. The molecule has 0 spiro atoms. The van der Waals surface area contributed by atoms with Crippen LogP contribution in [0, 0.1) is 0 Å². The smallest absolute Gasteiger partial charge is 0.323 e. The fourth-order valence-corrected chi connectivity index (χ4v) is 1.40. The number of carbonyl (C=O) groups excluding carboxylic acids is 1. The molecule has 0 fully saturated rings. The molecule has 2 amide bonds. The summed E-state index contributed by atoms with van der Waals surface area (Å²) >= 11 is 0. The molecule has 1 aromatic heterocycles. The number of nitrogens with zero attached hydrogens (tertiary/aromatic N) is 2. The van der Waals surface area contributed by atoms with Gasteiger partial charge in [-0.2, -0.15) is 0 Å². The summed E-state index contributed by atoms with van der Waals surface area (Å²) in [6.45, 7) is 0.390. The first-order valence-electron chi connectivity index (χ1n) is 5.77. The number of hydrogen-bond donors (Lipinski definition) is 2. The number of urea groups is 1. The van der Waals surface area contributed by atoms with Crippen molar-refractivity contribution in [1.82, 2.24) is 15.2 Å². The van der Waals surface area contributed by atoms with Crippen LogP contribution in [0.15, 0.2) is 24.4 Å². The number of nitrogens with one attached hydrogen (secondary N) is 1. The summed E-state index contributed by atoms with van der Waals surface area (Å²) in [6, 6.07) is 4.91. The van der Waals surface area contributed by atoms with Crippen molar-refractivity contribution in [3.05, 3.63) is 30.1 Å². The zero-order valence-corrected chi connectivity index (χ0v) is 10.7. The van der Waals surface area contributed by atoms with Crippen LogP contribution in [0.4, 0.5) is 4.79 Å². The van der Waals surface area contributed by atoms with Crippen LogP contribution in [-0.4, -0.2) is 53.8 Å². The minimum Gasteiger partial charge on any atom is -0.480 e. The Morgan fingerprint density at radius 1 is 1.47 bits per heavy atom. The van der Waals surface area contributed by atoms with E-state index < -0.39 is 12.0 Å². The van der Waals surface area contributed by atoms with Gasteiger partial charge in [-0.15, -0.1) is 0 Å². The largest absolute Gasteiger partial charge is 0.480 e. The maximum Gasteiger partial charge on any atom is 0.323 e. The third-order valence-corrected chi connectivity index (χ3v) is 2.33. The Balaban J connectivity index is 2.48. The normalized spacial score (nSPS) is 9.95. The van der Waals surface area contributed by atoms with Crippen LogP contribution in [-0.2, 0) is 16.1 Å². The first-order chi connectivity index (χ1) is 9.13. The lowest BCUT2D eigenvalue weighted by Gasteiger charge is -2.20. The zero-order chi connectivity index (χ0) is 14.1. The molecule has 1 heterocycles. The molecular formula is C12H17N3O4. The van der Waals surface area contributed by atoms with Crippen LogP contribution < -0.4 is 5.32 Å². The van der Waals surface area contributed by atoms with Crippen LogP contribution in [0.2, 0.25) is 0 Å². The Bertz CT molecular complexity index is 411. The number of aliphatic carboxylic acids is 1. The summed E-state index contributed by atoms with van der Waals surface area (Å²) in [5, 5.41) is 11.4. The lowest BCUT2D eigenvalue weighted by atomic mass is 10.3. The molecule has 7 nitrogen and oxygen atoms in total. The number of aromatic nitrogens is 1. The van der Waals surface area contributed by atoms with Crippen molar-refractivity contribution in [3.8, 4) is 0 Å². The highest BCUT2D eigenvalue weighted by molar-refractivity contribution is 5.80. The van der Waals surface area contributed by atoms with Gasteiger partial charge >= 0.3 is 12.0 Å². The van der Waals surface area contributed by atoms with E-state index in [0.29, 0.717) is 5.69 Å². The number of carboxylic acids is 1. The predicted molar refractivity (Wildman–Crippen MR) is 67.6 cm³/mol. The van der Waals surface area contributed by atoms with E-state index in [1.807, 2.05) is 6.07 Å². The number of carboxylic acid groups (broad SMARTS) is 1. The van der Waals surface area contributed by atoms with E-state index in [9.17, 15) is 9.59 Å². The second-order valence-electron chi connectivity index (χ2n) is 3.79. The molecule has 0 aromatic carbocycles. The molecule has 7 heteroatoms. The summed E-state index contributed by atoms with van der Waals surface area (Å²) in [5.74, 6) is -1.07. The van der Waals surface area contributed by atoms with Gasteiger partial charge in [-0.1, -0.05) is 6.07 Å². The number of amides is 2. The summed E-state index contributed by atoms with van der Waals surface area (Å²) < 4.78 is 4.84. The fourth-order valence-electron chi connectivity index (χ4n) is 1.40. The average Bonchev–Trinajstić information content (AvgIpc) is 2.41. The number of ether oxygens (including phenoxy) is 1. The van der Waals surface area contributed by atoms with Gasteiger partial charge in [0.05, 0.1) is 18.8 Å². The van der Waals surface area contributed by atoms with E-state index in [-0.39, 0.29) is 26.2 Å². The fraction of sp³-hybridized carbons (Fsp3) is 0.417. The molecule has 0 atom stereocenters. The molecular weight excluding hydrogens is 250 g/mol. The first-order valence-corrected chi connectivity index (χ1v) is 5.77. The molecule has 1 rings (SSSR count). The number of pyridine rings is 1. The molecule has 104 valence electrons. The van der Waals surface area contributed by atoms with Gasteiger partial charge in [0.1, 0.15) is 6.54 Å². The average molecular weight is 267 g/mol. The van der Waals surface area contributed by atoms with Crippen LogP contribution in [0.1, 0.15) is 5.69 Å². The molecule has 19 heavy (non-hydrogen) atoms. The number of methoxy groups -OCH3 is 1. The summed E-state index contributed by atoms with van der Waals surface area (Å²) in [5.41, 5.74) is 0.706. The zero-order valence-electron chi connectivity index (χ0n) is 10.7. The van der Waals surface area contributed by atoms with E-state index in [2.05, 4.69) is 10.3 Å². The van der Waals surface area contributed by atoms with Crippen LogP contribution >= 0.6 is 0 Å². The van der Waals surface area contributed by atoms with E-state index in [1.54, 1.807) is 18.3 Å². The van der Waals surface area contributed by atoms with E-state index in [1.165, 1.54) is 12.0 Å². The molecule has 0 aliphatic rings.